The fourth-order valence-corrected chi connectivity index (χ4v) is 2.41. The number of nitrogens with zero attached hydrogens (tertiary/aromatic N) is 4. The van der Waals surface area contributed by atoms with Gasteiger partial charge in [0, 0.05) is 17.6 Å². The van der Waals surface area contributed by atoms with Crippen LogP contribution in [0.25, 0.3) is 5.69 Å². The number of anilines is 1. The van der Waals surface area contributed by atoms with Crippen LogP contribution in [0, 0.1) is 12.7 Å². The van der Waals surface area contributed by atoms with Gasteiger partial charge in [-0.05, 0) is 25.1 Å². The Morgan fingerprint density at radius 3 is 2.74 bits per heavy atom. The predicted octanol–water partition coefficient (Wildman–Crippen LogP) is 1.78. The van der Waals surface area contributed by atoms with E-state index in [0.717, 1.165) is 22.3 Å². The number of carbonyl (C=O) groups excluding carboxylic acids is 1. The Hall–Kier alpha value is -2.94. The van der Waals surface area contributed by atoms with E-state index >= 15 is 0 Å². The Balaban J connectivity index is 1.96. The number of aromatic nitrogens is 4. The fraction of sp³-hybridized carbons (Fsp3) is 0.0714. The monoisotopic (exact) mass is 331 g/mol. The zero-order valence-electron chi connectivity index (χ0n) is 11.9. The van der Waals surface area contributed by atoms with E-state index in [9.17, 15) is 14.0 Å². The first-order valence-corrected chi connectivity index (χ1v) is 7.29. The van der Waals surface area contributed by atoms with E-state index in [1.165, 1.54) is 24.3 Å². The summed E-state index contributed by atoms with van der Waals surface area (Å²) in [6.07, 6.45) is 0. The number of benzene rings is 1. The van der Waals surface area contributed by atoms with Crippen LogP contribution in [0.5, 0.6) is 0 Å². The standard InChI is InChI=1S/C14H10FN5O2S/c1-8-16-14(23-19-8)17-13(22)10-6-7-12(21)20(18-10)11-5-3-2-4-9(11)15/h2-7H,1H3,(H,16,17,19,22). The van der Waals surface area contributed by atoms with Crippen molar-refractivity contribution in [1.29, 1.82) is 0 Å². The molecule has 0 aliphatic rings. The quantitative estimate of drug-likeness (QED) is 0.790. The van der Waals surface area contributed by atoms with Crippen LogP contribution in [-0.2, 0) is 0 Å². The summed E-state index contributed by atoms with van der Waals surface area (Å²) >= 11 is 1.03. The average Bonchev–Trinajstić information content (AvgIpc) is 2.93. The number of hydrogen-bond donors (Lipinski definition) is 1. The zero-order valence-corrected chi connectivity index (χ0v) is 12.7. The molecule has 1 amide bonds. The molecule has 3 aromatic rings. The van der Waals surface area contributed by atoms with Crippen LogP contribution in [0.2, 0.25) is 0 Å². The second-order valence-electron chi connectivity index (χ2n) is 4.52. The number of nitrogens with one attached hydrogen (secondary N) is 1. The largest absolute Gasteiger partial charge is 0.295 e. The summed E-state index contributed by atoms with van der Waals surface area (Å²) in [7, 11) is 0. The minimum atomic E-state index is -0.612. The Morgan fingerprint density at radius 1 is 1.26 bits per heavy atom. The number of aryl methyl sites for hydroxylation is 1. The van der Waals surface area contributed by atoms with E-state index < -0.39 is 17.3 Å². The molecule has 0 aliphatic heterocycles. The van der Waals surface area contributed by atoms with Gasteiger partial charge in [0.15, 0.2) is 0 Å². The number of rotatable bonds is 3. The van der Waals surface area contributed by atoms with E-state index in [0.29, 0.717) is 11.0 Å². The number of para-hydroxylation sites is 1. The summed E-state index contributed by atoms with van der Waals surface area (Å²) in [6.45, 7) is 1.70. The van der Waals surface area contributed by atoms with Gasteiger partial charge in [-0.3, -0.25) is 14.9 Å². The molecule has 0 atom stereocenters. The summed E-state index contributed by atoms with van der Waals surface area (Å²) < 4.78 is 18.6. The van der Waals surface area contributed by atoms with Gasteiger partial charge in [0.2, 0.25) is 5.13 Å². The highest BCUT2D eigenvalue weighted by atomic mass is 32.1. The average molecular weight is 331 g/mol. The highest BCUT2D eigenvalue weighted by Gasteiger charge is 2.14. The first-order chi connectivity index (χ1) is 11.0. The SMILES string of the molecule is Cc1nsc(NC(=O)c2ccc(=O)n(-c3ccccc3F)n2)n1. The normalized spacial score (nSPS) is 10.5. The first-order valence-electron chi connectivity index (χ1n) is 6.51. The molecule has 0 saturated carbocycles. The lowest BCUT2D eigenvalue weighted by molar-refractivity contribution is 0.102. The molecule has 0 bridgehead atoms. The summed E-state index contributed by atoms with van der Waals surface area (Å²) in [5.74, 6) is -0.639. The molecule has 1 N–H and O–H groups in total. The molecule has 7 nitrogen and oxygen atoms in total. The smallest absolute Gasteiger partial charge is 0.277 e. The van der Waals surface area contributed by atoms with Gasteiger partial charge < -0.3 is 0 Å². The van der Waals surface area contributed by atoms with Crippen LogP contribution in [0.4, 0.5) is 9.52 Å². The Morgan fingerprint density at radius 2 is 2.04 bits per heavy atom. The van der Waals surface area contributed by atoms with Gasteiger partial charge in [0.05, 0.1) is 0 Å². The number of amides is 1. The lowest BCUT2D eigenvalue weighted by Crippen LogP contribution is -2.25. The van der Waals surface area contributed by atoms with Crippen molar-refractivity contribution in [3.8, 4) is 5.69 Å². The molecular formula is C14H10FN5O2S. The Bertz CT molecular complexity index is 937. The summed E-state index contributed by atoms with van der Waals surface area (Å²) in [6, 6.07) is 8.10. The van der Waals surface area contributed by atoms with Crippen molar-refractivity contribution in [3.05, 3.63) is 64.1 Å². The molecule has 0 unspecified atom stereocenters. The molecule has 1 aromatic carbocycles. The van der Waals surface area contributed by atoms with Crippen molar-refractivity contribution >= 4 is 22.6 Å². The van der Waals surface area contributed by atoms with E-state index in [-0.39, 0.29) is 11.4 Å². The highest BCUT2D eigenvalue weighted by molar-refractivity contribution is 7.09. The van der Waals surface area contributed by atoms with E-state index in [1.807, 2.05) is 0 Å². The van der Waals surface area contributed by atoms with E-state index in [2.05, 4.69) is 19.8 Å². The maximum absolute atomic E-state index is 13.8. The van der Waals surface area contributed by atoms with Crippen LogP contribution in [0.1, 0.15) is 16.3 Å². The van der Waals surface area contributed by atoms with Gasteiger partial charge in [0.25, 0.3) is 11.5 Å². The molecule has 0 aliphatic carbocycles. The lowest BCUT2D eigenvalue weighted by atomic mass is 10.3. The van der Waals surface area contributed by atoms with E-state index in [1.54, 1.807) is 13.0 Å². The topological polar surface area (TPSA) is 89.8 Å². The minimum absolute atomic E-state index is 0.0288. The van der Waals surface area contributed by atoms with E-state index in [4.69, 9.17) is 0 Å². The lowest BCUT2D eigenvalue weighted by Gasteiger charge is -2.07. The van der Waals surface area contributed by atoms with Crippen molar-refractivity contribution in [1.82, 2.24) is 19.1 Å². The summed E-state index contributed by atoms with van der Waals surface area (Å²) in [4.78, 5) is 28.1. The van der Waals surface area contributed by atoms with Gasteiger partial charge in [0.1, 0.15) is 23.0 Å². The molecule has 0 saturated heterocycles. The molecule has 0 fully saturated rings. The maximum Gasteiger partial charge on any atom is 0.277 e. The summed E-state index contributed by atoms with van der Waals surface area (Å²) in [5.41, 5.74) is -0.613. The molecular weight excluding hydrogens is 321 g/mol. The third-order valence-electron chi connectivity index (χ3n) is 2.86. The predicted molar refractivity (Wildman–Crippen MR) is 82.4 cm³/mol. The van der Waals surface area contributed by atoms with Crippen molar-refractivity contribution in [2.45, 2.75) is 6.92 Å². The molecule has 0 radical (unpaired) electrons. The second kappa shape index (κ2) is 6.05. The number of hydrogen-bond acceptors (Lipinski definition) is 6. The van der Waals surface area contributed by atoms with Crippen LogP contribution in [0.3, 0.4) is 0 Å². The van der Waals surface area contributed by atoms with Crippen LogP contribution in [-0.4, -0.2) is 25.0 Å². The molecule has 2 heterocycles. The van der Waals surface area contributed by atoms with Crippen LogP contribution < -0.4 is 10.9 Å². The third kappa shape index (κ3) is 3.14. The Labute approximate surface area is 133 Å². The first kappa shape index (κ1) is 15.0. The molecule has 116 valence electrons. The molecule has 23 heavy (non-hydrogen) atoms. The Kier molecular flexibility index (Phi) is 3.94. The van der Waals surface area contributed by atoms with Gasteiger partial charge in [-0.15, -0.1) is 0 Å². The van der Waals surface area contributed by atoms with Crippen molar-refractivity contribution in [2.75, 3.05) is 5.32 Å². The van der Waals surface area contributed by atoms with Gasteiger partial charge in [-0.2, -0.15) is 14.2 Å². The zero-order chi connectivity index (χ0) is 16.4. The highest BCUT2D eigenvalue weighted by Crippen LogP contribution is 2.12. The fourth-order valence-electron chi connectivity index (χ4n) is 1.84. The van der Waals surface area contributed by atoms with Gasteiger partial charge in [-0.25, -0.2) is 9.37 Å². The number of carbonyl (C=O) groups is 1. The molecule has 0 spiro atoms. The second-order valence-corrected chi connectivity index (χ2v) is 5.27. The van der Waals surface area contributed by atoms with Gasteiger partial charge >= 0.3 is 0 Å². The van der Waals surface area contributed by atoms with Crippen LogP contribution in [0.15, 0.2) is 41.2 Å². The number of halogens is 1. The molecule has 2 aromatic heterocycles. The van der Waals surface area contributed by atoms with Crippen molar-refractivity contribution < 1.29 is 9.18 Å². The molecule has 9 heteroatoms. The van der Waals surface area contributed by atoms with Crippen molar-refractivity contribution in [3.63, 3.8) is 0 Å². The van der Waals surface area contributed by atoms with Crippen LogP contribution >= 0.6 is 11.5 Å². The van der Waals surface area contributed by atoms with Crippen molar-refractivity contribution in [2.24, 2.45) is 0 Å². The summed E-state index contributed by atoms with van der Waals surface area (Å²) in [5, 5.41) is 6.76. The maximum atomic E-state index is 13.8. The van der Waals surface area contributed by atoms with Gasteiger partial charge in [-0.1, -0.05) is 12.1 Å². The molecule has 3 rings (SSSR count). The minimum Gasteiger partial charge on any atom is -0.295 e. The third-order valence-corrected chi connectivity index (χ3v) is 3.58.